The van der Waals surface area contributed by atoms with Gasteiger partial charge in [0.2, 0.25) is 0 Å². The molecule has 0 bridgehead atoms. The fraction of sp³-hybridized carbons (Fsp3) is 0.786. The first-order valence-corrected chi connectivity index (χ1v) is 7.96. The fourth-order valence-corrected chi connectivity index (χ4v) is 3.56. The highest BCUT2D eigenvalue weighted by atomic mass is 32.1. The standard InChI is InChI=1S/C14H23N3S/c1-10-11(2)18-14(16-10)17-7-3-4-12(9-17)8-15-13-5-6-13/h12-13,15H,3-9H2,1-2H3. The van der Waals surface area contributed by atoms with Crippen LogP contribution in [0.25, 0.3) is 0 Å². The Hall–Kier alpha value is -0.610. The molecule has 1 aromatic heterocycles. The minimum atomic E-state index is 0.809. The van der Waals surface area contributed by atoms with Crippen LogP contribution in [0.2, 0.25) is 0 Å². The Balaban J connectivity index is 1.58. The molecule has 0 amide bonds. The Labute approximate surface area is 114 Å². The molecule has 4 heteroatoms. The second kappa shape index (κ2) is 5.17. The lowest BCUT2D eigenvalue weighted by molar-refractivity contribution is 0.391. The highest BCUT2D eigenvalue weighted by Gasteiger charge is 2.25. The lowest BCUT2D eigenvalue weighted by Crippen LogP contribution is -2.40. The van der Waals surface area contributed by atoms with Crippen molar-refractivity contribution in [3.05, 3.63) is 10.6 Å². The number of aromatic nitrogens is 1. The Bertz CT molecular complexity index is 392. The number of piperidine rings is 1. The van der Waals surface area contributed by atoms with E-state index < -0.39 is 0 Å². The normalized spacial score (nSPS) is 24.6. The summed E-state index contributed by atoms with van der Waals surface area (Å²) in [6.45, 7) is 7.86. The first-order valence-electron chi connectivity index (χ1n) is 7.14. The molecule has 1 saturated carbocycles. The van der Waals surface area contributed by atoms with Gasteiger partial charge in [-0.2, -0.15) is 0 Å². The average molecular weight is 265 g/mol. The van der Waals surface area contributed by atoms with Crippen LogP contribution in [-0.4, -0.2) is 30.7 Å². The molecule has 100 valence electrons. The van der Waals surface area contributed by atoms with Crippen LogP contribution >= 0.6 is 11.3 Å². The Morgan fingerprint density at radius 2 is 2.17 bits per heavy atom. The molecule has 18 heavy (non-hydrogen) atoms. The maximum atomic E-state index is 4.70. The molecule has 3 nitrogen and oxygen atoms in total. The van der Waals surface area contributed by atoms with Crippen LogP contribution in [0.3, 0.4) is 0 Å². The molecular weight excluding hydrogens is 242 g/mol. The van der Waals surface area contributed by atoms with Gasteiger partial charge in [-0.3, -0.25) is 0 Å². The van der Waals surface area contributed by atoms with Gasteiger partial charge in [0.25, 0.3) is 0 Å². The zero-order valence-corrected chi connectivity index (χ0v) is 12.2. The number of anilines is 1. The van der Waals surface area contributed by atoms with Gasteiger partial charge in [0, 0.05) is 24.0 Å². The van der Waals surface area contributed by atoms with Crippen molar-refractivity contribution in [2.45, 2.75) is 45.6 Å². The van der Waals surface area contributed by atoms with E-state index in [1.165, 1.54) is 61.0 Å². The lowest BCUT2D eigenvalue weighted by atomic mass is 9.98. The van der Waals surface area contributed by atoms with E-state index in [-0.39, 0.29) is 0 Å². The van der Waals surface area contributed by atoms with Crippen molar-refractivity contribution in [2.75, 3.05) is 24.5 Å². The van der Waals surface area contributed by atoms with Crippen LogP contribution in [0, 0.1) is 19.8 Å². The van der Waals surface area contributed by atoms with E-state index >= 15 is 0 Å². The summed E-state index contributed by atoms with van der Waals surface area (Å²) >= 11 is 1.85. The van der Waals surface area contributed by atoms with Gasteiger partial charge < -0.3 is 10.2 Å². The molecule has 3 rings (SSSR count). The second-order valence-electron chi connectivity index (χ2n) is 5.77. The highest BCUT2D eigenvalue weighted by Crippen LogP contribution is 2.29. The summed E-state index contributed by atoms with van der Waals surface area (Å²) in [6.07, 6.45) is 5.47. The minimum absolute atomic E-state index is 0.809. The number of hydrogen-bond donors (Lipinski definition) is 1. The molecule has 0 aromatic carbocycles. The van der Waals surface area contributed by atoms with Gasteiger partial charge in [-0.25, -0.2) is 4.98 Å². The number of nitrogens with one attached hydrogen (secondary N) is 1. The van der Waals surface area contributed by atoms with Crippen LogP contribution in [0.5, 0.6) is 0 Å². The van der Waals surface area contributed by atoms with E-state index in [0.717, 1.165) is 12.0 Å². The fourth-order valence-electron chi connectivity index (χ4n) is 2.62. The highest BCUT2D eigenvalue weighted by molar-refractivity contribution is 7.15. The largest absolute Gasteiger partial charge is 0.348 e. The van der Waals surface area contributed by atoms with Crippen LogP contribution < -0.4 is 10.2 Å². The molecule has 1 atom stereocenters. The van der Waals surface area contributed by atoms with E-state index in [2.05, 4.69) is 24.1 Å². The van der Waals surface area contributed by atoms with E-state index in [0.29, 0.717) is 0 Å². The van der Waals surface area contributed by atoms with Crippen molar-refractivity contribution < 1.29 is 0 Å². The molecule has 0 spiro atoms. The Morgan fingerprint density at radius 1 is 1.33 bits per heavy atom. The monoisotopic (exact) mass is 265 g/mol. The molecule has 2 heterocycles. The zero-order chi connectivity index (χ0) is 12.5. The van der Waals surface area contributed by atoms with Gasteiger partial charge in [-0.1, -0.05) is 0 Å². The Morgan fingerprint density at radius 3 is 2.83 bits per heavy atom. The number of thiazole rings is 1. The molecule has 1 N–H and O–H groups in total. The maximum absolute atomic E-state index is 4.70. The summed E-state index contributed by atoms with van der Waals surface area (Å²) < 4.78 is 0. The quantitative estimate of drug-likeness (QED) is 0.907. The van der Waals surface area contributed by atoms with E-state index in [4.69, 9.17) is 4.98 Å². The topological polar surface area (TPSA) is 28.2 Å². The van der Waals surface area contributed by atoms with Crippen molar-refractivity contribution in [1.29, 1.82) is 0 Å². The third-order valence-corrected chi connectivity index (χ3v) is 5.21. The van der Waals surface area contributed by atoms with Crippen molar-refractivity contribution in [2.24, 2.45) is 5.92 Å². The van der Waals surface area contributed by atoms with Gasteiger partial charge in [0.1, 0.15) is 0 Å². The molecule has 1 aliphatic heterocycles. The summed E-state index contributed by atoms with van der Waals surface area (Å²) in [5.41, 5.74) is 1.20. The lowest BCUT2D eigenvalue weighted by Gasteiger charge is -2.32. The molecule has 0 radical (unpaired) electrons. The number of rotatable bonds is 4. The first-order chi connectivity index (χ1) is 8.72. The summed E-state index contributed by atoms with van der Waals surface area (Å²) in [5, 5.41) is 4.91. The van der Waals surface area contributed by atoms with Gasteiger partial charge in [-0.05, 0) is 52.0 Å². The van der Waals surface area contributed by atoms with E-state index in [1.807, 2.05) is 11.3 Å². The summed E-state index contributed by atoms with van der Waals surface area (Å²) in [4.78, 5) is 8.56. The number of hydrogen-bond acceptors (Lipinski definition) is 4. The molecule has 1 aromatic rings. The van der Waals surface area contributed by atoms with Crippen LogP contribution in [0.1, 0.15) is 36.3 Å². The predicted molar refractivity (Wildman–Crippen MR) is 77.5 cm³/mol. The van der Waals surface area contributed by atoms with Gasteiger partial charge in [-0.15, -0.1) is 11.3 Å². The summed E-state index contributed by atoms with van der Waals surface area (Å²) in [5.74, 6) is 0.809. The second-order valence-corrected chi connectivity index (χ2v) is 6.96. The first kappa shape index (κ1) is 12.4. The van der Waals surface area contributed by atoms with Crippen LogP contribution in [-0.2, 0) is 0 Å². The summed E-state index contributed by atoms with van der Waals surface area (Å²) in [7, 11) is 0. The molecular formula is C14H23N3S. The third kappa shape index (κ3) is 2.86. The smallest absolute Gasteiger partial charge is 0.185 e. The third-order valence-electron chi connectivity index (χ3n) is 4.08. The van der Waals surface area contributed by atoms with Crippen molar-refractivity contribution in [3.63, 3.8) is 0 Å². The molecule has 1 unspecified atom stereocenters. The predicted octanol–water partition coefficient (Wildman–Crippen LogP) is 2.73. The number of aryl methyl sites for hydroxylation is 2. The van der Waals surface area contributed by atoms with Gasteiger partial charge in [0.15, 0.2) is 5.13 Å². The summed E-state index contributed by atoms with van der Waals surface area (Å²) in [6, 6.07) is 0.838. The maximum Gasteiger partial charge on any atom is 0.185 e. The molecule has 1 saturated heterocycles. The van der Waals surface area contributed by atoms with Crippen LogP contribution in [0.15, 0.2) is 0 Å². The van der Waals surface area contributed by atoms with Gasteiger partial charge >= 0.3 is 0 Å². The molecule has 1 aliphatic carbocycles. The van der Waals surface area contributed by atoms with E-state index in [9.17, 15) is 0 Å². The zero-order valence-electron chi connectivity index (χ0n) is 11.4. The molecule has 2 aliphatic rings. The number of nitrogens with zero attached hydrogens (tertiary/aromatic N) is 2. The van der Waals surface area contributed by atoms with E-state index in [1.54, 1.807) is 0 Å². The molecule has 2 fully saturated rings. The SMILES string of the molecule is Cc1nc(N2CCCC(CNC3CC3)C2)sc1C. The van der Waals surface area contributed by atoms with Crippen molar-refractivity contribution in [3.8, 4) is 0 Å². The minimum Gasteiger partial charge on any atom is -0.348 e. The van der Waals surface area contributed by atoms with Crippen LogP contribution in [0.4, 0.5) is 5.13 Å². The van der Waals surface area contributed by atoms with Crippen molar-refractivity contribution in [1.82, 2.24) is 10.3 Å². The average Bonchev–Trinajstić information content (AvgIpc) is 3.14. The van der Waals surface area contributed by atoms with Gasteiger partial charge in [0.05, 0.1) is 5.69 Å². The Kier molecular flexibility index (Phi) is 3.57. The van der Waals surface area contributed by atoms with Crippen molar-refractivity contribution >= 4 is 16.5 Å².